The quantitative estimate of drug-likeness (QED) is 0.0632. The first kappa shape index (κ1) is 43.9. The summed E-state index contributed by atoms with van der Waals surface area (Å²) in [6.45, 7) is 0. The number of hydrogen-bond acceptors (Lipinski definition) is 14. The first-order valence-corrected chi connectivity index (χ1v) is 17.1. The molecule has 16 nitrogen and oxygen atoms in total. The Labute approximate surface area is 335 Å². The number of nitro benzene ring substituents is 2. The van der Waals surface area contributed by atoms with Gasteiger partial charge in [0.15, 0.2) is 11.5 Å². The molecule has 6 aromatic rings. The molecule has 0 aliphatic heterocycles. The third-order valence-corrected chi connectivity index (χ3v) is 8.18. The molecule has 4 aromatic carbocycles. The van der Waals surface area contributed by atoms with Crippen LogP contribution in [0.15, 0.2) is 97.6 Å². The first-order chi connectivity index (χ1) is 27.8. The third kappa shape index (κ3) is 12.1. The molecule has 0 radical (unpaired) electrons. The van der Waals surface area contributed by atoms with Crippen LogP contribution in [0.1, 0.15) is 22.5 Å². The van der Waals surface area contributed by atoms with E-state index in [1.54, 1.807) is 42.5 Å². The Balaban J connectivity index is 0.000000209. The van der Waals surface area contributed by atoms with Crippen molar-refractivity contribution in [1.82, 2.24) is 19.9 Å². The molecule has 0 unspecified atom stereocenters. The second-order valence-corrected chi connectivity index (χ2v) is 12.1. The fraction of sp³-hybridized carbons (Fsp3) is 0.158. The molecule has 0 amide bonds. The van der Waals surface area contributed by atoms with Gasteiger partial charge in [0.2, 0.25) is 0 Å². The first-order valence-electron chi connectivity index (χ1n) is 16.7. The van der Waals surface area contributed by atoms with Crippen molar-refractivity contribution in [2.75, 3.05) is 28.4 Å². The van der Waals surface area contributed by atoms with Gasteiger partial charge in [-0.25, -0.2) is 28.7 Å². The fourth-order valence-corrected chi connectivity index (χ4v) is 5.45. The van der Waals surface area contributed by atoms with Crippen LogP contribution < -0.4 is 24.4 Å². The van der Waals surface area contributed by atoms with Crippen molar-refractivity contribution in [3.8, 4) is 34.3 Å². The summed E-state index contributed by atoms with van der Waals surface area (Å²) in [5.74, 6) is 0.0362. The smallest absolute Gasteiger partial charge is 0.492 e. The van der Waals surface area contributed by atoms with E-state index in [2.05, 4.69) is 19.9 Å². The zero-order valence-electron chi connectivity index (χ0n) is 31.2. The van der Waals surface area contributed by atoms with Crippen molar-refractivity contribution in [2.45, 2.75) is 12.8 Å². The zero-order valence-corrected chi connectivity index (χ0v) is 32.0. The van der Waals surface area contributed by atoms with E-state index in [9.17, 15) is 29.0 Å². The monoisotopic (exact) mass is 818 g/mol. The van der Waals surface area contributed by atoms with Gasteiger partial charge in [0.25, 0.3) is 0 Å². The normalized spacial score (nSPS) is 10.2. The molecule has 58 heavy (non-hydrogen) atoms. The van der Waals surface area contributed by atoms with Crippen LogP contribution in [0.2, 0.25) is 5.15 Å². The molecule has 300 valence electrons. The number of aromatic nitrogens is 4. The Bertz CT molecular complexity index is 2380. The van der Waals surface area contributed by atoms with E-state index < -0.39 is 28.6 Å². The number of benzene rings is 4. The van der Waals surface area contributed by atoms with Gasteiger partial charge < -0.3 is 29.0 Å². The zero-order chi connectivity index (χ0) is 42.4. The lowest BCUT2D eigenvalue weighted by atomic mass is 9.79. The average molecular weight is 819 g/mol. The summed E-state index contributed by atoms with van der Waals surface area (Å²) < 4.78 is 45.9. The van der Waals surface area contributed by atoms with E-state index >= 15 is 0 Å². The molecule has 0 spiro atoms. The van der Waals surface area contributed by atoms with Crippen LogP contribution in [0.4, 0.5) is 20.2 Å². The molecule has 0 saturated heterocycles. The lowest BCUT2D eigenvalue weighted by Gasteiger charge is -2.09. The minimum atomic E-state index is -1.64. The number of ether oxygens (including phenoxy) is 4. The second kappa shape index (κ2) is 20.9. The third-order valence-electron chi connectivity index (χ3n) is 7.98. The Morgan fingerprint density at radius 1 is 0.621 bits per heavy atom. The minimum Gasteiger partial charge on any atom is -0.497 e. The second-order valence-electron chi connectivity index (χ2n) is 11.7. The van der Waals surface area contributed by atoms with Crippen molar-refractivity contribution < 1.29 is 47.6 Å². The maximum Gasteiger partial charge on any atom is 0.492 e. The lowest BCUT2D eigenvalue weighted by molar-refractivity contribution is -0.385. The van der Waals surface area contributed by atoms with Gasteiger partial charge in [0.05, 0.1) is 44.0 Å². The number of nitrogens with zero attached hydrogens (tertiary/aromatic N) is 6. The molecule has 6 rings (SSSR count). The average Bonchev–Trinajstić information content (AvgIpc) is 3.21. The molecule has 0 aliphatic rings. The van der Waals surface area contributed by atoms with Crippen LogP contribution in [-0.2, 0) is 12.8 Å². The van der Waals surface area contributed by atoms with E-state index in [4.69, 9.17) is 40.6 Å². The van der Waals surface area contributed by atoms with Gasteiger partial charge in [-0.3, -0.25) is 20.2 Å². The number of methoxy groups -OCH3 is 4. The molecule has 0 saturated carbocycles. The standard InChI is InChI=1S/C19H16FN3O4.C12H10ClN3O3.C7H8BFO3/c1-26-18-6-3-12(8-17(18)23(24)25)7-14-10-16(22-11-21-14)15-5-4-13(20)9-19(15)27-2;1-19-11-3-2-8(5-10(11)16(17)18)4-9-6-12(13)15-7-14-9;1-12-7-4-5(9)2-3-6(7)8(10)11/h3-6,8-11H,7H2,1-2H3;2-3,5-7H,4H2,1H3;2-4,10-11H,1H3. The van der Waals surface area contributed by atoms with Gasteiger partial charge in [0, 0.05) is 59.5 Å². The van der Waals surface area contributed by atoms with Crippen molar-refractivity contribution in [2.24, 2.45) is 0 Å². The molecular weight excluding hydrogens is 785 g/mol. The van der Waals surface area contributed by atoms with Gasteiger partial charge in [-0.2, -0.15) is 0 Å². The highest BCUT2D eigenvalue weighted by atomic mass is 35.5. The van der Waals surface area contributed by atoms with Gasteiger partial charge >= 0.3 is 18.5 Å². The predicted octanol–water partition coefficient (Wildman–Crippen LogP) is 5.95. The Kier molecular flexibility index (Phi) is 15.8. The van der Waals surface area contributed by atoms with E-state index in [0.29, 0.717) is 52.0 Å². The summed E-state index contributed by atoms with van der Waals surface area (Å²) in [5.41, 5.74) is 3.98. The van der Waals surface area contributed by atoms with Crippen LogP contribution in [0.25, 0.3) is 11.3 Å². The van der Waals surface area contributed by atoms with Crippen molar-refractivity contribution in [1.29, 1.82) is 0 Å². The number of halogens is 3. The highest BCUT2D eigenvalue weighted by Crippen LogP contribution is 2.32. The molecule has 0 atom stereocenters. The van der Waals surface area contributed by atoms with Gasteiger partial charge in [-0.05, 0) is 53.6 Å². The van der Waals surface area contributed by atoms with Crippen LogP contribution >= 0.6 is 11.6 Å². The summed E-state index contributed by atoms with van der Waals surface area (Å²) in [7, 11) is 3.93. The van der Waals surface area contributed by atoms with Crippen LogP contribution in [0.5, 0.6) is 23.0 Å². The largest absolute Gasteiger partial charge is 0.497 e. The van der Waals surface area contributed by atoms with Gasteiger partial charge in [-0.15, -0.1) is 0 Å². The summed E-state index contributed by atoms with van der Waals surface area (Å²) in [6.07, 6.45) is 3.55. The fourth-order valence-electron chi connectivity index (χ4n) is 5.28. The Hall–Kier alpha value is -6.83. The van der Waals surface area contributed by atoms with Crippen LogP contribution in [-0.4, -0.2) is 75.4 Å². The summed E-state index contributed by atoms with van der Waals surface area (Å²) >= 11 is 5.76. The topological polar surface area (TPSA) is 215 Å². The van der Waals surface area contributed by atoms with Gasteiger partial charge in [-0.1, -0.05) is 29.8 Å². The number of rotatable bonds is 12. The van der Waals surface area contributed by atoms with Crippen LogP contribution in [0.3, 0.4) is 0 Å². The summed E-state index contributed by atoms with van der Waals surface area (Å²) in [5, 5.41) is 40.0. The minimum absolute atomic E-state index is 0.0693. The summed E-state index contributed by atoms with van der Waals surface area (Å²) in [6, 6.07) is 20.6. The Morgan fingerprint density at radius 3 is 1.59 bits per heavy atom. The van der Waals surface area contributed by atoms with E-state index in [-0.39, 0.29) is 34.1 Å². The molecule has 0 fully saturated rings. The predicted molar refractivity (Wildman–Crippen MR) is 209 cm³/mol. The molecule has 0 aliphatic carbocycles. The highest BCUT2D eigenvalue weighted by Gasteiger charge is 2.18. The molecule has 0 bridgehead atoms. The van der Waals surface area contributed by atoms with Crippen molar-refractivity contribution >= 4 is 35.6 Å². The molecule has 2 aromatic heterocycles. The SMILES string of the molecule is COc1cc(F)ccc1-c1cc(Cc2ccc(OC)c([N+](=O)[O-])c2)ncn1.COc1cc(F)ccc1B(O)O.COc1ccc(Cc2cc(Cl)ncn2)cc1[N+](=O)[O-]. The summed E-state index contributed by atoms with van der Waals surface area (Å²) in [4.78, 5) is 37.4. The van der Waals surface area contributed by atoms with Gasteiger partial charge in [0.1, 0.15) is 40.9 Å². The maximum atomic E-state index is 13.4. The van der Waals surface area contributed by atoms with Crippen molar-refractivity contribution in [3.63, 3.8) is 0 Å². The van der Waals surface area contributed by atoms with E-state index in [0.717, 1.165) is 17.7 Å². The Morgan fingerprint density at radius 2 is 1.10 bits per heavy atom. The van der Waals surface area contributed by atoms with Crippen LogP contribution in [0, 0.1) is 31.9 Å². The lowest BCUT2D eigenvalue weighted by Crippen LogP contribution is -2.31. The van der Waals surface area contributed by atoms with E-state index in [1.807, 2.05) is 0 Å². The maximum absolute atomic E-state index is 13.4. The van der Waals surface area contributed by atoms with E-state index in [1.165, 1.54) is 71.4 Å². The molecular formula is C38H34BClF2N6O10. The number of hydrogen-bond donors (Lipinski definition) is 2. The molecule has 2 heterocycles. The highest BCUT2D eigenvalue weighted by molar-refractivity contribution is 6.59. The number of nitro groups is 2. The van der Waals surface area contributed by atoms with Crippen molar-refractivity contribution in [3.05, 3.63) is 157 Å². The molecule has 2 N–H and O–H groups in total. The molecule has 20 heteroatoms.